The van der Waals surface area contributed by atoms with Gasteiger partial charge < -0.3 is 9.47 Å². The van der Waals surface area contributed by atoms with Gasteiger partial charge in [-0.3, -0.25) is 4.79 Å². The maximum atomic E-state index is 11.8. The number of fused-ring (bicyclic) bond motifs is 2. The summed E-state index contributed by atoms with van der Waals surface area (Å²) in [6.45, 7) is 10.3. The number of alkyl halides is 1. The molecule has 3 fully saturated rings. The Morgan fingerprint density at radius 3 is 2.86 bits per heavy atom. The van der Waals surface area contributed by atoms with Crippen LogP contribution in [0.15, 0.2) is 24.3 Å². The minimum atomic E-state index is -0.259. The number of hydrogen-bond donors (Lipinski definition) is 0. The summed E-state index contributed by atoms with van der Waals surface area (Å²) in [4.78, 5) is 23.3. The smallest absolute Gasteiger partial charge is 0.334 e. The van der Waals surface area contributed by atoms with E-state index in [2.05, 4.69) is 36.0 Å². The molecule has 1 aliphatic heterocycles. The highest BCUT2D eigenvalue weighted by atomic mass is 79.9. The number of rotatable bonds is 2. The highest BCUT2D eigenvalue weighted by Crippen LogP contribution is 2.57. The van der Waals surface area contributed by atoms with Crippen molar-refractivity contribution in [3.8, 4) is 0 Å². The second-order valence-electron chi connectivity index (χ2n) is 7.03. The normalized spacial score (nSPS) is 40.7. The van der Waals surface area contributed by atoms with Crippen LogP contribution in [0.25, 0.3) is 0 Å². The summed E-state index contributed by atoms with van der Waals surface area (Å²) in [6.07, 6.45) is 2.94. The Morgan fingerprint density at radius 2 is 2.18 bits per heavy atom. The highest BCUT2D eigenvalue weighted by molar-refractivity contribution is 9.09. The summed E-state index contributed by atoms with van der Waals surface area (Å²) in [5.41, 5.74) is 1.68. The van der Waals surface area contributed by atoms with Gasteiger partial charge in [0.2, 0.25) is 0 Å². The number of hydrogen-bond acceptors (Lipinski definition) is 4. The molecule has 1 saturated heterocycles. The minimum absolute atomic E-state index is 0.0430. The van der Waals surface area contributed by atoms with Crippen LogP contribution in [0.5, 0.6) is 0 Å². The van der Waals surface area contributed by atoms with Gasteiger partial charge in [-0.05, 0) is 30.6 Å². The van der Waals surface area contributed by atoms with Crippen molar-refractivity contribution in [1.29, 1.82) is 0 Å². The van der Waals surface area contributed by atoms with Crippen molar-refractivity contribution in [2.24, 2.45) is 17.3 Å². The Hall–Kier alpha value is -1.10. The fourth-order valence-electron chi connectivity index (χ4n) is 4.50. The molecule has 0 amide bonds. The van der Waals surface area contributed by atoms with Crippen LogP contribution in [0.1, 0.15) is 32.6 Å². The van der Waals surface area contributed by atoms with Crippen molar-refractivity contribution in [2.75, 3.05) is 5.33 Å². The molecular weight excluding hydrogens is 348 g/mol. The first-order chi connectivity index (χ1) is 10.3. The number of carbonyl (C=O) groups excluding carboxylic acids is 2. The molecule has 22 heavy (non-hydrogen) atoms. The third-order valence-electron chi connectivity index (χ3n) is 5.50. The van der Waals surface area contributed by atoms with E-state index in [1.807, 2.05) is 0 Å². The van der Waals surface area contributed by atoms with Crippen molar-refractivity contribution in [3.63, 3.8) is 0 Å². The Morgan fingerprint density at radius 1 is 1.45 bits per heavy atom. The zero-order valence-electron chi connectivity index (χ0n) is 12.8. The number of carbonyl (C=O) groups is 2. The van der Waals surface area contributed by atoms with Gasteiger partial charge in [-0.25, -0.2) is 4.79 Å². The largest absolute Gasteiger partial charge is 0.461 e. The van der Waals surface area contributed by atoms with Crippen LogP contribution in [0.4, 0.5) is 0 Å². The van der Waals surface area contributed by atoms with Crippen molar-refractivity contribution in [1.82, 2.24) is 0 Å². The summed E-state index contributed by atoms with van der Waals surface area (Å²) in [7, 11) is 0. The summed E-state index contributed by atoms with van der Waals surface area (Å²) >= 11 is 3.12. The molecular formula is C17H21BrO4. The molecule has 0 aromatic carbocycles. The Labute approximate surface area is 139 Å². The first-order valence-corrected chi connectivity index (χ1v) is 8.79. The van der Waals surface area contributed by atoms with E-state index in [1.54, 1.807) is 0 Å². The van der Waals surface area contributed by atoms with Crippen molar-refractivity contribution in [2.45, 2.75) is 44.8 Å². The Kier molecular flexibility index (Phi) is 3.96. The molecule has 0 spiro atoms. The molecule has 0 bridgehead atoms. The van der Waals surface area contributed by atoms with Gasteiger partial charge in [0, 0.05) is 17.9 Å². The first kappa shape index (κ1) is 15.8. The third-order valence-corrected chi connectivity index (χ3v) is 5.96. The van der Waals surface area contributed by atoms with E-state index in [1.165, 1.54) is 0 Å². The molecule has 3 aliphatic rings. The average Bonchev–Trinajstić information content (AvgIpc) is 2.70. The van der Waals surface area contributed by atoms with Gasteiger partial charge in [0.05, 0.1) is 0 Å². The molecule has 120 valence electrons. The van der Waals surface area contributed by atoms with Crippen LogP contribution in [0.3, 0.4) is 0 Å². The molecule has 0 aromatic heterocycles. The topological polar surface area (TPSA) is 52.6 Å². The van der Waals surface area contributed by atoms with E-state index < -0.39 is 0 Å². The lowest BCUT2D eigenvalue weighted by Gasteiger charge is -2.51. The zero-order chi connectivity index (χ0) is 16.1. The van der Waals surface area contributed by atoms with Gasteiger partial charge in [0.15, 0.2) is 0 Å². The van der Waals surface area contributed by atoms with Crippen molar-refractivity contribution >= 4 is 27.9 Å². The van der Waals surface area contributed by atoms with Crippen molar-refractivity contribution in [3.05, 3.63) is 24.3 Å². The lowest BCUT2D eigenvalue weighted by atomic mass is 9.55. The van der Waals surface area contributed by atoms with Crippen LogP contribution in [0.2, 0.25) is 0 Å². The highest BCUT2D eigenvalue weighted by Gasteiger charge is 2.54. The van der Waals surface area contributed by atoms with Crippen LogP contribution < -0.4 is 0 Å². The summed E-state index contributed by atoms with van der Waals surface area (Å²) in [5, 5.41) is 0.207. The second kappa shape index (κ2) is 5.52. The zero-order valence-corrected chi connectivity index (χ0v) is 14.4. The van der Waals surface area contributed by atoms with Crippen LogP contribution in [0, 0.1) is 17.3 Å². The Balaban J connectivity index is 1.79. The van der Waals surface area contributed by atoms with Gasteiger partial charge >= 0.3 is 11.9 Å². The monoisotopic (exact) mass is 368 g/mol. The van der Waals surface area contributed by atoms with Crippen molar-refractivity contribution < 1.29 is 19.1 Å². The molecule has 1 heterocycles. The molecule has 2 saturated carbocycles. The summed E-state index contributed by atoms with van der Waals surface area (Å²) in [6, 6.07) is 0. The number of ether oxygens (including phenoxy) is 2. The van der Waals surface area contributed by atoms with E-state index in [4.69, 9.17) is 9.47 Å². The van der Waals surface area contributed by atoms with E-state index in [9.17, 15) is 9.59 Å². The third kappa shape index (κ3) is 2.53. The van der Waals surface area contributed by atoms with E-state index >= 15 is 0 Å². The van der Waals surface area contributed by atoms with Gasteiger partial charge in [0.1, 0.15) is 17.5 Å². The molecule has 3 rings (SSSR count). The minimum Gasteiger partial charge on any atom is -0.461 e. The Bertz CT molecular complexity index is 555. The van der Waals surface area contributed by atoms with Gasteiger partial charge in [-0.2, -0.15) is 0 Å². The number of halogens is 1. The lowest BCUT2D eigenvalue weighted by Crippen LogP contribution is -2.47. The molecule has 0 radical (unpaired) electrons. The fraction of sp³-hybridized carbons (Fsp3) is 0.647. The van der Waals surface area contributed by atoms with E-state index in [0.717, 1.165) is 24.8 Å². The quantitative estimate of drug-likeness (QED) is 0.325. The molecule has 5 atom stereocenters. The van der Waals surface area contributed by atoms with E-state index in [0.29, 0.717) is 17.9 Å². The van der Waals surface area contributed by atoms with E-state index in [-0.39, 0.29) is 40.8 Å². The lowest BCUT2D eigenvalue weighted by molar-refractivity contribution is -0.151. The van der Waals surface area contributed by atoms with Crippen LogP contribution in [-0.4, -0.2) is 29.5 Å². The average molecular weight is 369 g/mol. The van der Waals surface area contributed by atoms with Gasteiger partial charge in [-0.1, -0.05) is 41.6 Å². The fourth-order valence-corrected chi connectivity index (χ4v) is 4.63. The van der Waals surface area contributed by atoms with Crippen LogP contribution in [-0.2, 0) is 19.1 Å². The molecule has 0 N–H and O–H groups in total. The number of esters is 2. The SMILES string of the molecule is C=C1C(=O)OC2CC3(C)CC(OC(=O)CBr)CC(=C)C3CC12. The predicted octanol–water partition coefficient (Wildman–Crippen LogP) is 3.16. The first-order valence-electron chi connectivity index (χ1n) is 7.67. The molecule has 0 aromatic rings. The van der Waals surface area contributed by atoms with Gasteiger partial charge in [-0.15, -0.1) is 0 Å². The van der Waals surface area contributed by atoms with Gasteiger partial charge in [0.25, 0.3) is 0 Å². The second-order valence-corrected chi connectivity index (χ2v) is 7.59. The molecule has 5 unspecified atom stereocenters. The molecule has 2 aliphatic carbocycles. The molecule has 5 heteroatoms. The molecule has 4 nitrogen and oxygen atoms in total. The van der Waals surface area contributed by atoms with Crippen LogP contribution >= 0.6 is 15.9 Å². The predicted molar refractivity (Wildman–Crippen MR) is 85.4 cm³/mol. The summed E-state index contributed by atoms with van der Waals surface area (Å²) < 4.78 is 11.0. The summed E-state index contributed by atoms with van der Waals surface area (Å²) in [5.74, 6) is -0.0535. The maximum absolute atomic E-state index is 11.8. The standard InChI is InChI=1S/C17H21BrO4/c1-9-4-11(21-15(19)8-18)6-17(3)7-14-12(5-13(9)17)10(2)16(20)22-14/h11-14H,1-2,4-8H2,3H3. The maximum Gasteiger partial charge on any atom is 0.334 e.